The number of carbonyl (C=O) groups is 1. The number of nitrogens with zero attached hydrogens (tertiary/aromatic N) is 2. The van der Waals surface area contributed by atoms with E-state index < -0.39 is 5.97 Å². The Morgan fingerprint density at radius 2 is 2.00 bits per heavy atom. The smallest absolute Gasteiger partial charge is 0.323 e. The van der Waals surface area contributed by atoms with Gasteiger partial charge in [-0.3, -0.25) is 4.79 Å². The number of carboxylic acid groups (broad SMARTS) is 1. The molecule has 0 aliphatic heterocycles. The molecule has 18 heavy (non-hydrogen) atoms. The summed E-state index contributed by atoms with van der Waals surface area (Å²) in [6, 6.07) is 7.70. The zero-order chi connectivity index (χ0) is 13.1. The summed E-state index contributed by atoms with van der Waals surface area (Å²) in [5.41, 5.74) is 1.78. The highest BCUT2D eigenvalue weighted by atomic mass is 16.4. The Morgan fingerprint density at radius 1 is 1.33 bits per heavy atom. The van der Waals surface area contributed by atoms with Crippen LogP contribution in [0.25, 0.3) is 11.0 Å². The molecule has 0 fully saturated rings. The Balaban J connectivity index is 2.59. The van der Waals surface area contributed by atoms with E-state index in [1.54, 1.807) is 0 Å². The largest absolute Gasteiger partial charge is 0.480 e. The molecule has 0 amide bonds. The molecule has 0 bridgehead atoms. The van der Waals surface area contributed by atoms with Crippen molar-refractivity contribution >= 4 is 17.0 Å². The van der Waals surface area contributed by atoms with E-state index in [9.17, 15) is 4.79 Å². The Morgan fingerprint density at radius 3 is 2.61 bits per heavy atom. The molecule has 0 atom stereocenters. The van der Waals surface area contributed by atoms with Gasteiger partial charge in [-0.15, -0.1) is 0 Å². The van der Waals surface area contributed by atoms with Crippen LogP contribution in [0, 0.1) is 0 Å². The molecular weight excluding hydrogens is 228 g/mol. The van der Waals surface area contributed by atoms with Crippen molar-refractivity contribution in [1.82, 2.24) is 9.55 Å². The van der Waals surface area contributed by atoms with Crippen LogP contribution in [0.5, 0.6) is 0 Å². The van der Waals surface area contributed by atoms with Gasteiger partial charge in [0.2, 0.25) is 0 Å². The molecule has 1 N–H and O–H groups in total. The summed E-state index contributed by atoms with van der Waals surface area (Å²) in [7, 11) is 0. The fourth-order valence-electron chi connectivity index (χ4n) is 2.36. The van der Waals surface area contributed by atoms with Crippen LogP contribution in [-0.2, 0) is 11.3 Å². The highest BCUT2D eigenvalue weighted by molar-refractivity contribution is 5.78. The molecule has 0 aliphatic carbocycles. The zero-order valence-corrected chi connectivity index (χ0v) is 10.8. The van der Waals surface area contributed by atoms with Crippen molar-refractivity contribution in [3.63, 3.8) is 0 Å². The number of aromatic nitrogens is 2. The quantitative estimate of drug-likeness (QED) is 0.882. The lowest BCUT2D eigenvalue weighted by Crippen LogP contribution is -2.14. The van der Waals surface area contributed by atoms with Gasteiger partial charge in [0.05, 0.1) is 11.0 Å². The van der Waals surface area contributed by atoms with Gasteiger partial charge in [0.15, 0.2) is 0 Å². The third-order valence-electron chi connectivity index (χ3n) is 3.33. The lowest BCUT2D eigenvalue weighted by molar-refractivity contribution is -0.137. The van der Waals surface area contributed by atoms with Crippen molar-refractivity contribution in [2.45, 2.75) is 39.2 Å². The number of aliphatic carboxylic acids is 1. The van der Waals surface area contributed by atoms with Gasteiger partial charge in [0.25, 0.3) is 0 Å². The topological polar surface area (TPSA) is 55.1 Å². The molecule has 0 unspecified atom stereocenters. The van der Waals surface area contributed by atoms with Crippen LogP contribution in [0.2, 0.25) is 0 Å². The maximum absolute atomic E-state index is 11.0. The highest BCUT2D eigenvalue weighted by Gasteiger charge is 2.18. The summed E-state index contributed by atoms with van der Waals surface area (Å²) in [5, 5.41) is 9.05. The predicted molar refractivity (Wildman–Crippen MR) is 70.7 cm³/mol. The van der Waals surface area contributed by atoms with E-state index >= 15 is 0 Å². The van der Waals surface area contributed by atoms with Gasteiger partial charge < -0.3 is 9.67 Å². The molecule has 0 spiro atoms. The van der Waals surface area contributed by atoms with Crippen molar-refractivity contribution in [1.29, 1.82) is 0 Å². The zero-order valence-electron chi connectivity index (χ0n) is 10.8. The molecule has 4 heteroatoms. The van der Waals surface area contributed by atoms with Crippen LogP contribution in [0.1, 0.15) is 38.4 Å². The average Bonchev–Trinajstić information content (AvgIpc) is 2.70. The van der Waals surface area contributed by atoms with E-state index in [1.807, 2.05) is 28.8 Å². The van der Waals surface area contributed by atoms with Crippen LogP contribution in [0.15, 0.2) is 24.3 Å². The normalized spacial score (nSPS) is 11.3. The Labute approximate surface area is 106 Å². The van der Waals surface area contributed by atoms with Gasteiger partial charge >= 0.3 is 5.97 Å². The lowest BCUT2D eigenvalue weighted by atomic mass is 10.0. The van der Waals surface area contributed by atoms with Crippen molar-refractivity contribution in [2.75, 3.05) is 0 Å². The number of hydrogen-bond acceptors (Lipinski definition) is 2. The summed E-state index contributed by atoms with van der Waals surface area (Å²) < 4.78 is 1.83. The van der Waals surface area contributed by atoms with E-state index in [2.05, 4.69) is 18.8 Å². The third-order valence-corrected chi connectivity index (χ3v) is 3.33. The second kappa shape index (κ2) is 5.21. The number of imidazole rings is 1. The minimum atomic E-state index is -0.828. The molecule has 2 rings (SSSR count). The van der Waals surface area contributed by atoms with E-state index in [0.29, 0.717) is 5.92 Å². The number of hydrogen-bond donors (Lipinski definition) is 1. The summed E-state index contributed by atoms with van der Waals surface area (Å²) in [6.07, 6.45) is 1.94. The molecule has 1 heterocycles. The first-order valence-corrected chi connectivity index (χ1v) is 6.34. The maximum atomic E-state index is 11.0. The molecule has 0 aliphatic rings. The first kappa shape index (κ1) is 12.6. The lowest BCUT2D eigenvalue weighted by Gasteiger charge is -2.13. The summed E-state index contributed by atoms with van der Waals surface area (Å²) in [6.45, 7) is 4.20. The monoisotopic (exact) mass is 246 g/mol. The fourth-order valence-corrected chi connectivity index (χ4v) is 2.36. The number of benzene rings is 1. The predicted octanol–water partition coefficient (Wildman–Crippen LogP) is 3.02. The van der Waals surface area contributed by atoms with Gasteiger partial charge in [0, 0.05) is 5.92 Å². The Bertz CT molecular complexity index is 556. The second-order valence-electron chi connectivity index (χ2n) is 4.45. The van der Waals surface area contributed by atoms with Crippen LogP contribution >= 0.6 is 0 Å². The van der Waals surface area contributed by atoms with Crippen molar-refractivity contribution in [3.8, 4) is 0 Å². The highest BCUT2D eigenvalue weighted by Crippen LogP contribution is 2.26. The van der Waals surface area contributed by atoms with Crippen LogP contribution in [0.3, 0.4) is 0 Å². The molecule has 4 nitrogen and oxygen atoms in total. The minimum absolute atomic E-state index is 0.0215. The Kier molecular flexibility index (Phi) is 3.65. The van der Waals surface area contributed by atoms with Crippen LogP contribution < -0.4 is 0 Å². The SMILES string of the molecule is CCC(CC)c1nc2ccccc2n1CC(=O)O. The first-order chi connectivity index (χ1) is 8.67. The molecule has 1 aromatic carbocycles. The summed E-state index contributed by atoms with van der Waals surface area (Å²) >= 11 is 0. The summed E-state index contributed by atoms with van der Waals surface area (Å²) in [5.74, 6) is 0.380. The third kappa shape index (κ3) is 2.23. The average molecular weight is 246 g/mol. The number of carboxylic acids is 1. The van der Waals surface area contributed by atoms with Gasteiger partial charge in [-0.05, 0) is 25.0 Å². The van der Waals surface area contributed by atoms with E-state index in [4.69, 9.17) is 5.11 Å². The second-order valence-corrected chi connectivity index (χ2v) is 4.45. The van der Waals surface area contributed by atoms with E-state index in [-0.39, 0.29) is 6.54 Å². The molecular formula is C14H18N2O2. The van der Waals surface area contributed by atoms with Crippen molar-refractivity contribution in [3.05, 3.63) is 30.1 Å². The number of para-hydroxylation sites is 2. The van der Waals surface area contributed by atoms with Gasteiger partial charge in [-0.25, -0.2) is 4.98 Å². The number of fused-ring (bicyclic) bond motifs is 1. The molecule has 0 saturated heterocycles. The number of rotatable bonds is 5. The summed E-state index contributed by atoms with van der Waals surface area (Å²) in [4.78, 5) is 15.6. The van der Waals surface area contributed by atoms with E-state index in [1.165, 1.54) is 0 Å². The van der Waals surface area contributed by atoms with Gasteiger partial charge in [0.1, 0.15) is 12.4 Å². The molecule has 96 valence electrons. The maximum Gasteiger partial charge on any atom is 0.323 e. The molecule has 0 saturated carbocycles. The molecule has 2 aromatic rings. The molecule has 1 aromatic heterocycles. The minimum Gasteiger partial charge on any atom is -0.480 e. The molecule has 0 radical (unpaired) electrons. The van der Waals surface area contributed by atoms with Crippen molar-refractivity contribution in [2.24, 2.45) is 0 Å². The van der Waals surface area contributed by atoms with Crippen molar-refractivity contribution < 1.29 is 9.90 Å². The van der Waals surface area contributed by atoms with Crippen LogP contribution in [-0.4, -0.2) is 20.6 Å². The standard InChI is InChI=1S/C14H18N2O2/c1-3-10(4-2)14-15-11-7-5-6-8-12(11)16(14)9-13(17)18/h5-8,10H,3-4,9H2,1-2H3,(H,17,18). The Hall–Kier alpha value is -1.84. The van der Waals surface area contributed by atoms with Gasteiger partial charge in [-0.2, -0.15) is 0 Å². The first-order valence-electron chi connectivity index (χ1n) is 6.34. The van der Waals surface area contributed by atoms with E-state index in [0.717, 1.165) is 29.7 Å². The van der Waals surface area contributed by atoms with Gasteiger partial charge in [-0.1, -0.05) is 26.0 Å². The van der Waals surface area contributed by atoms with Crippen LogP contribution in [0.4, 0.5) is 0 Å². The fraction of sp³-hybridized carbons (Fsp3) is 0.429.